The molecule has 10 aromatic rings. The molecule has 0 radical (unpaired) electrons. The Labute approximate surface area is 341 Å². The molecule has 0 fully saturated rings. The van der Waals surface area contributed by atoms with Gasteiger partial charge in [0.1, 0.15) is 5.52 Å². The second kappa shape index (κ2) is 11.9. The van der Waals surface area contributed by atoms with Crippen molar-refractivity contribution in [3.63, 3.8) is 0 Å². The number of hydrogen-bond acceptors (Lipinski definition) is 5. The Hall–Kier alpha value is -7.18. The molecular weight excluding hydrogens is 675 g/mol. The molecule has 0 spiro atoms. The van der Waals surface area contributed by atoms with Crippen LogP contribution in [0.5, 0.6) is 0 Å². The van der Waals surface area contributed by atoms with Crippen LogP contribution in [0.4, 0.5) is 0 Å². The second-order valence-corrected chi connectivity index (χ2v) is 13.4. The molecule has 0 aliphatic heterocycles. The minimum Gasteiger partial charge on any atom is -0.435 e. The first-order valence-electron chi connectivity index (χ1n) is 25.7. The van der Waals surface area contributed by atoms with Gasteiger partial charge >= 0.3 is 0 Å². The molecule has 55 heavy (non-hydrogen) atoms. The van der Waals surface area contributed by atoms with E-state index in [1.165, 1.54) is 0 Å². The van der Waals surface area contributed by atoms with Gasteiger partial charge in [-0.3, -0.25) is 4.57 Å². The maximum Gasteiger partial charge on any atom is 0.238 e. The molecule has 1 aliphatic carbocycles. The third kappa shape index (κ3) is 4.88. The molecule has 7 aromatic carbocycles. The lowest BCUT2D eigenvalue weighted by molar-refractivity contribution is 0.618. The summed E-state index contributed by atoms with van der Waals surface area (Å²) >= 11 is 0. The van der Waals surface area contributed by atoms with Crippen molar-refractivity contribution in [3.8, 4) is 62.4 Å². The fourth-order valence-electron chi connectivity index (χ4n) is 7.35. The van der Waals surface area contributed by atoms with Crippen LogP contribution in [0.2, 0.25) is 0 Å². The number of benzene rings is 7. The van der Waals surface area contributed by atoms with E-state index in [9.17, 15) is 6.85 Å². The summed E-state index contributed by atoms with van der Waals surface area (Å²) in [5.41, 5.74) is 2.94. The van der Waals surface area contributed by atoms with E-state index in [1.807, 2.05) is 48.5 Å². The average molecular weight is 725 g/mol. The molecule has 0 N–H and O–H groups in total. The summed E-state index contributed by atoms with van der Waals surface area (Å²) in [5.74, 6) is -1.60. The molecule has 0 amide bonds. The summed E-state index contributed by atoms with van der Waals surface area (Å²) in [5, 5.41) is -0.511. The van der Waals surface area contributed by atoms with E-state index in [0.29, 0.717) is 28.1 Å². The van der Waals surface area contributed by atoms with Crippen LogP contribution in [0.25, 0.3) is 95.3 Å². The molecule has 3 aromatic heterocycles. The van der Waals surface area contributed by atoms with E-state index in [2.05, 4.69) is 28.8 Å². The van der Waals surface area contributed by atoms with E-state index in [4.69, 9.17) is 25.9 Å². The Morgan fingerprint density at radius 1 is 0.564 bits per heavy atom. The molecular formula is C49H33N5O. The predicted octanol–water partition coefficient (Wildman–Crippen LogP) is 12.1. The fourth-order valence-corrected chi connectivity index (χ4v) is 7.35. The van der Waals surface area contributed by atoms with Crippen LogP contribution >= 0.6 is 0 Å². The van der Waals surface area contributed by atoms with Crippen LogP contribution in [0.1, 0.15) is 48.3 Å². The van der Waals surface area contributed by atoms with E-state index < -0.39 is 142 Å². The molecule has 3 heterocycles. The number of oxazole rings is 1. The maximum atomic E-state index is 9.94. The van der Waals surface area contributed by atoms with Gasteiger partial charge in [0, 0.05) is 38.4 Å². The Balaban J connectivity index is 1.23. The Kier molecular flexibility index (Phi) is 4.06. The highest BCUT2D eigenvalue weighted by Crippen LogP contribution is 2.52. The predicted molar refractivity (Wildman–Crippen MR) is 221 cm³/mol. The summed E-state index contributed by atoms with van der Waals surface area (Å²) in [4.78, 5) is 18.1. The van der Waals surface area contributed by atoms with Crippen LogP contribution in [-0.4, -0.2) is 24.5 Å². The van der Waals surface area contributed by atoms with Crippen LogP contribution in [0.3, 0.4) is 0 Å². The number of rotatable bonds is 5. The van der Waals surface area contributed by atoms with Gasteiger partial charge in [-0.2, -0.15) is 9.97 Å². The van der Waals surface area contributed by atoms with E-state index in [-0.39, 0.29) is 21.9 Å². The van der Waals surface area contributed by atoms with Gasteiger partial charge < -0.3 is 4.42 Å². The summed E-state index contributed by atoms with van der Waals surface area (Å²) in [6, 6.07) is 6.53. The van der Waals surface area contributed by atoms with Crippen molar-refractivity contribution in [2.45, 2.75) is 19.3 Å². The van der Waals surface area contributed by atoms with Crippen molar-refractivity contribution in [2.24, 2.45) is 0 Å². The monoisotopic (exact) mass is 724 g/mol. The standard InChI is InChI=1S/C49H33N5O/c1-49(2)38-24-22-33(29-37(38)43-39(49)25-26-40-44(43)55-47(50-40)32-18-10-5-11-19-32)34-23-27-42-36(28-34)35-20-12-13-21-41(35)54(42)48-52-45(30-14-6-3-7-15-30)51-46(53-48)31-16-8-4-9-17-31/h3-29H,1-2H3/i3D,4D,6D,7D,8D,9D,12D,13D,14D,15D,16D,17D,20D,21D,23D,27D,28D. The van der Waals surface area contributed by atoms with Crippen LogP contribution in [0, 0.1) is 0 Å². The molecule has 6 heteroatoms. The summed E-state index contributed by atoms with van der Waals surface area (Å²) < 4.78 is 158. The van der Waals surface area contributed by atoms with Gasteiger partial charge in [-0.15, -0.1) is 0 Å². The van der Waals surface area contributed by atoms with Crippen molar-refractivity contribution in [3.05, 3.63) is 175 Å². The van der Waals surface area contributed by atoms with E-state index in [0.717, 1.165) is 26.8 Å². The minimum absolute atomic E-state index is 0.0713. The van der Waals surface area contributed by atoms with Gasteiger partial charge in [-0.25, -0.2) is 9.97 Å². The van der Waals surface area contributed by atoms with Gasteiger partial charge in [-0.05, 0) is 70.2 Å². The molecule has 0 atom stereocenters. The van der Waals surface area contributed by atoms with E-state index in [1.54, 1.807) is 12.1 Å². The van der Waals surface area contributed by atoms with Crippen LogP contribution in [-0.2, 0) is 5.41 Å². The van der Waals surface area contributed by atoms with Gasteiger partial charge in [0.2, 0.25) is 11.8 Å². The van der Waals surface area contributed by atoms with Gasteiger partial charge in [0.25, 0.3) is 0 Å². The van der Waals surface area contributed by atoms with E-state index >= 15 is 0 Å². The third-order valence-electron chi connectivity index (χ3n) is 9.93. The zero-order chi connectivity index (χ0) is 51.5. The minimum atomic E-state index is -0.789. The lowest BCUT2D eigenvalue weighted by Gasteiger charge is -2.21. The number of fused-ring (bicyclic) bond motifs is 8. The molecule has 0 bridgehead atoms. The number of hydrogen-bond donors (Lipinski definition) is 0. The fraction of sp³-hybridized carbons (Fsp3) is 0.0612. The van der Waals surface area contributed by atoms with Gasteiger partial charge in [-0.1, -0.05) is 135 Å². The van der Waals surface area contributed by atoms with Crippen molar-refractivity contribution in [1.29, 1.82) is 0 Å². The van der Waals surface area contributed by atoms with Gasteiger partial charge in [0.15, 0.2) is 17.2 Å². The quantitative estimate of drug-likeness (QED) is 0.177. The highest BCUT2D eigenvalue weighted by atomic mass is 16.3. The van der Waals surface area contributed by atoms with Crippen LogP contribution in [0.15, 0.2) is 168 Å². The highest BCUT2D eigenvalue weighted by Gasteiger charge is 2.38. The normalized spacial score (nSPS) is 17.4. The lowest BCUT2D eigenvalue weighted by atomic mass is 9.82. The Morgan fingerprint density at radius 3 is 1.98 bits per heavy atom. The average Bonchev–Trinajstić information content (AvgIpc) is 4.04. The van der Waals surface area contributed by atoms with Crippen molar-refractivity contribution in [2.75, 3.05) is 0 Å². The second-order valence-electron chi connectivity index (χ2n) is 13.4. The third-order valence-corrected chi connectivity index (χ3v) is 9.93. The Morgan fingerprint density at radius 2 is 1.24 bits per heavy atom. The number of nitrogens with zero attached hydrogens (tertiary/aromatic N) is 5. The molecule has 1 aliphatic rings. The summed E-state index contributed by atoms with van der Waals surface area (Å²) in [6.07, 6.45) is 0. The number of aromatic nitrogens is 5. The molecule has 260 valence electrons. The first-order chi connectivity index (χ1) is 34.1. The smallest absolute Gasteiger partial charge is 0.238 e. The zero-order valence-corrected chi connectivity index (χ0v) is 28.9. The topological polar surface area (TPSA) is 69.6 Å². The number of para-hydroxylation sites is 1. The molecule has 0 saturated carbocycles. The first kappa shape index (κ1) is 18.7. The molecule has 6 nitrogen and oxygen atoms in total. The maximum absolute atomic E-state index is 9.94. The van der Waals surface area contributed by atoms with Crippen LogP contribution < -0.4 is 0 Å². The first-order valence-corrected chi connectivity index (χ1v) is 17.2. The zero-order valence-electron chi connectivity index (χ0n) is 45.9. The highest BCUT2D eigenvalue weighted by molar-refractivity contribution is 6.10. The Bertz CT molecular complexity index is 3970. The molecule has 11 rings (SSSR count). The van der Waals surface area contributed by atoms with Crippen molar-refractivity contribution in [1.82, 2.24) is 24.5 Å². The largest absolute Gasteiger partial charge is 0.435 e. The molecule has 0 saturated heterocycles. The van der Waals surface area contributed by atoms with Gasteiger partial charge in [0.05, 0.1) is 34.3 Å². The van der Waals surface area contributed by atoms with Crippen molar-refractivity contribution >= 4 is 32.9 Å². The summed E-state index contributed by atoms with van der Waals surface area (Å²) in [7, 11) is 0. The summed E-state index contributed by atoms with van der Waals surface area (Å²) in [6.45, 7) is 4.13. The lowest BCUT2D eigenvalue weighted by Crippen LogP contribution is -2.14. The SMILES string of the molecule is [2H]c1c([2H])c([2H])c(-c2nc(-c3c([2H])c([2H])c([2H])c([2H])c3[2H])nc(-n3c4c([2H])c([2H])c([2H])c([2H])c4c4c([2H])c(-c5ccc6c(c5)-c5c(ccc7nc(-c8ccccc8)oc57)C6(C)C)c([2H])c([2H])c43)n2)c([2H])c1[2H]. The molecule has 0 unspecified atom stereocenters. The van der Waals surface area contributed by atoms with Crippen molar-refractivity contribution < 1.29 is 27.7 Å².